The molecule has 0 spiro atoms. The summed E-state index contributed by atoms with van der Waals surface area (Å²) in [6, 6.07) is 28.2. The number of para-hydroxylation sites is 2. The van der Waals surface area contributed by atoms with Gasteiger partial charge in [0.15, 0.2) is 10.2 Å². The number of nitro benzene ring substituents is 2. The molecule has 25 heteroatoms. The third-order valence-corrected chi connectivity index (χ3v) is 16.4. The fraction of sp³-hybridized carbons (Fsp3) is 0.155. The Balaban J connectivity index is 0.000000147. The van der Waals surface area contributed by atoms with E-state index in [9.17, 15) is 44.2 Å². The Morgan fingerprint density at radius 3 is 1.64 bits per heavy atom. The number of aromatic nitrogens is 4. The van der Waals surface area contributed by atoms with Crippen molar-refractivity contribution < 1.29 is 19.4 Å². The SMILES string of the molecule is CC1(C)C(=O)NC(=O)c2cc([N+](=O)[O-])ccc21.Cc1[nH]c(=O)c2c(ccc3nc(Nc4c(Cl)cccc4Cl)sc32)c1C.Cc1[nH]c(=O)c2cc(NC(=S)Nc3c(Cl)cccc3Cl)ccc2c1C.Cc1[nH]c(=O)c2cc([N+](=O)[O-])ccc2c1C. The predicted octanol–water partition coefficient (Wildman–Crippen LogP) is 14.3. The number of non-ortho nitro benzene ring substituents is 2. The Labute approximate surface area is 500 Å². The number of hydrogen-bond acceptors (Lipinski definition) is 13. The molecule has 0 atom stereocenters. The average molecular weight is 1240 g/mol. The molecule has 6 aromatic carbocycles. The van der Waals surface area contributed by atoms with E-state index < -0.39 is 27.1 Å². The van der Waals surface area contributed by atoms with E-state index in [1.165, 1.54) is 41.7 Å². The lowest BCUT2D eigenvalue weighted by Crippen LogP contribution is -2.48. The number of amides is 2. The maximum Gasteiger partial charge on any atom is 0.270 e. The fourth-order valence-electron chi connectivity index (χ4n) is 8.92. The third kappa shape index (κ3) is 12.7. The molecule has 7 N–H and O–H groups in total. The molecule has 11 rings (SSSR count). The molecular weight excluding hydrogens is 1190 g/mol. The number of thiazole rings is 1. The average Bonchev–Trinajstić information content (AvgIpc) is 3.29. The highest BCUT2D eigenvalue weighted by Gasteiger charge is 2.39. The van der Waals surface area contributed by atoms with Gasteiger partial charge in [0.05, 0.1) is 73.3 Å². The van der Waals surface area contributed by atoms with E-state index in [1.807, 2.05) is 58.9 Å². The second-order valence-electron chi connectivity index (χ2n) is 19.5. The second-order valence-corrected chi connectivity index (χ2v) is 22.5. The molecule has 2 amide bonds. The van der Waals surface area contributed by atoms with Crippen LogP contribution in [0.4, 0.5) is 33.6 Å². The number of aromatic amines is 3. The van der Waals surface area contributed by atoms with Gasteiger partial charge in [0.1, 0.15) is 0 Å². The zero-order valence-electron chi connectivity index (χ0n) is 45.2. The molecule has 0 fully saturated rings. The first-order valence-corrected chi connectivity index (χ1v) is 27.6. The highest BCUT2D eigenvalue weighted by molar-refractivity contribution is 7.80. The Morgan fingerprint density at radius 2 is 1.07 bits per heavy atom. The monoisotopic (exact) mass is 1230 g/mol. The Kier molecular flexibility index (Phi) is 17.9. The quantitative estimate of drug-likeness (QED) is 0.0353. The topological polar surface area (TPSA) is 280 Å². The predicted molar refractivity (Wildman–Crippen MR) is 337 cm³/mol. The van der Waals surface area contributed by atoms with Crippen molar-refractivity contribution in [3.8, 4) is 0 Å². The molecule has 5 heterocycles. The van der Waals surface area contributed by atoms with Crippen LogP contribution in [-0.4, -0.2) is 46.7 Å². The zero-order chi connectivity index (χ0) is 60.5. The summed E-state index contributed by atoms with van der Waals surface area (Å²) >= 11 is 31.4. The number of H-pyrrole nitrogens is 3. The molecule has 0 saturated heterocycles. The lowest BCUT2D eigenvalue weighted by molar-refractivity contribution is -0.385. The highest BCUT2D eigenvalue weighted by atomic mass is 35.5. The van der Waals surface area contributed by atoms with Crippen molar-refractivity contribution in [3.05, 3.63) is 219 Å². The number of pyridine rings is 3. The van der Waals surface area contributed by atoms with Crippen molar-refractivity contribution in [3.63, 3.8) is 0 Å². The normalized spacial score (nSPS) is 12.2. The number of nitro groups is 2. The van der Waals surface area contributed by atoms with Crippen LogP contribution in [0.15, 0.2) is 118 Å². The number of nitrogens with one attached hydrogen (secondary N) is 7. The number of aryl methyl sites for hydroxylation is 6. The number of carbonyl (C=O) groups excluding carboxylic acids is 2. The van der Waals surface area contributed by atoms with E-state index in [1.54, 1.807) is 69.3 Å². The second kappa shape index (κ2) is 24.5. The maximum absolute atomic E-state index is 12.5. The van der Waals surface area contributed by atoms with Gasteiger partial charge in [0, 0.05) is 52.4 Å². The van der Waals surface area contributed by atoms with Crippen molar-refractivity contribution in [1.29, 1.82) is 0 Å². The first-order chi connectivity index (χ1) is 39.2. The number of thiocarbonyl (C=S) groups is 1. The Bertz CT molecular complexity index is 4520. The van der Waals surface area contributed by atoms with Crippen molar-refractivity contribution in [1.82, 2.24) is 25.3 Å². The van der Waals surface area contributed by atoms with Gasteiger partial charge in [0.2, 0.25) is 5.91 Å². The van der Waals surface area contributed by atoms with Gasteiger partial charge >= 0.3 is 0 Å². The number of halogens is 4. The minimum atomic E-state index is -0.863. The molecule has 10 aromatic rings. The van der Waals surface area contributed by atoms with Gasteiger partial charge in [-0.2, -0.15) is 0 Å². The molecule has 1 aliphatic heterocycles. The number of carbonyl (C=O) groups is 2. The summed E-state index contributed by atoms with van der Waals surface area (Å²) in [5, 5.41) is 39.8. The van der Waals surface area contributed by atoms with Gasteiger partial charge < -0.3 is 30.9 Å². The molecular formula is C58H48Cl4N10O9S2. The summed E-state index contributed by atoms with van der Waals surface area (Å²) < 4.78 is 0.840. The number of rotatable bonds is 6. The zero-order valence-corrected chi connectivity index (χ0v) is 49.8. The van der Waals surface area contributed by atoms with Crippen LogP contribution in [0.3, 0.4) is 0 Å². The van der Waals surface area contributed by atoms with Gasteiger partial charge in [0.25, 0.3) is 34.0 Å². The van der Waals surface area contributed by atoms with Crippen LogP contribution in [0.2, 0.25) is 20.1 Å². The number of hydrogen-bond donors (Lipinski definition) is 7. The molecule has 83 heavy (non-hydrogen) atoms. The van der Waals surface area contributed by atoms with Crippen LogP contribution in [0.1, 0.15) is 63.5 Å². The number of benzene rings is 6. The molecule has 424 valence electrons. The fourth-order valence-corrected chi connectivity index (χ4v) is 11.1. The van der Waals surface area contributed by atoms with E-state index in [-0.39, 0.29) is 33.6 Å². The molecule has 1 aliphatic rings. The van der Waals surface area contributed by atoms with Gasteiger partial charge in [-0.1, -0.05) is 88.1 Å². The van der Waals surface area contributed by atoms with Gasteiger partial charge in [-0.25, -0.2) is 4.98 Å². The van der Waals surface area contributed by atoms with Gasteiger partial charge in [-0.3, -0.25) is 49.5 Å². The highest BCUT2D eigenvalue weighted by Crippen LogP contribution is 2.38. The minimum Gasteiger partial charge on any atom is -0.332 e. The van der Waals surface area contributed by atoms with Crippen LogP contribution in [-0.2, 0) is 10.2 Å². The largest absolute Gasteiger partial charge is 0.332 e. The standard InChI is InChI=1S/C18H13Cl2N3OS.C18H15Cl2N3OS.C11H10N2O4.C11H10N2O3/c1-8-9(2)21-17(24)14-10(8)6-7-13-16(14)25-18(22-13)23-15-11(19)4-3-5-12(15)20;1-9-10(2)21-17(24)13-8-11(6-7-12(9)13)22-18(25)23-16-14(19)4-3-5-15(16)20;1-11(2)8-4-3-6(13(16)17)5-7(8)9(14)12-10(11)15;1-6-7(2)12-11(14)10-5-8(13(15)16)3-4-9(6)10/h3-7H,1-2H3,(H,21,24)(H,22,23);3-8H,1-2H3,(H,21,24)(H2,22,23,25);3-5H,1-2H3,(H,12,14,15);3-5H,1-2H3,(H,12,14). The third-order valence-electron chi connectivity index (χ3n) is 13.9. The lowest BCUT2D eigenvalue weighted by Gasteiger charge is -2.30. The van der Waals surface area contributed by atoms with Crippen LogP contribution in [0, 0.1) is 61.8 Å². The summed E-state index contributed by atoms with van der Waals surface area (Å²) in [5.74, 6) is -0.989. The van der Waals surface area contributed by atoms with E-state index >= 15 is 0 Å². The molecule has 4 aromatic heterocycles. The molecule has 0 aliphatic carbocycles. The lowest BCUT2D eigenvalue weighted by atomic mass is 9.78. The van der Waals surface area contributed by atoms with Crippen LogP contribution < -0.4 is 37.9 Å². The van der Waals surface area contributed by atoms with Gasteiger partial charge in [-0.05, 0) is 155 Å². The minimum absolute atomic E-state index is 0.0683. The van der Waals surface area contributed by atoms with Crippen LogP contribution in [0.25, 0.3) is 42.5 Å². The van der Waals surface area contributed by atoms with Crippen molar-refractivity contribution in [2.45, 2.75) is 60.8 Å². The van der Waals surface area contributed by atoms with Crippen LogP contribution in [0.5, 0.6) is 0 Å². The number of imide groups is 1. The van der Waals surface area contributed by atoms with Crippen LogP contribution >= 0.6 is 70.0 Å². The molecule has 0 saturated carbocycles. The Hall–Kier alpha value is -8.57. The molecule has 19 nitrogen and oxygen atoms in total. The maximum atomic E-state index is 12.5. The Morgan fingerprint density at radius 1 is 0.590 bits per heavy atom. The van der Waals surface area contributed by atoms with E-state index in [4.69, 9.17) is 58.6 Å². The number of fused-ring (bicyclic) bond motifs is 6. The van der Waals surface area contributed by atoms with E-state index in [0.717, 1.165) is 60.1 Å². The molecule has 0 bridgehead atoms. The summed E-state index contributed by atoms with van der Waals surface area (Å²) in [6.07, 6.45) is 0. The summed E-state index contributed by atoms with van der Waals surface area (Å²) in [5.41, 5.74) is 7.25. The van der Waals surface area contributed by atoms with Crippen molar-refractivity contribution in [2.24, 2.45) is 0 Å². The molecule has 0 radical (unpaired) electrons. The first kappa shape index (κ1) is 60.5. The summed E-state index contributed by atoms with van der Waals surface area (Å²) in [7, 11) is 0. The van der Waals surface area contributed by atoms with Crippen molar-refractivity contribution >= 4 is 163 Å². The summed E-state index contributed by atoms with van der Waals surface area (Å²) in [4.78, 5) is 92.8. The number of nitrogens with zero attached hydrogens (tertiary/aromatic N) is 3. The van der Waals surface area contributed by atoms with E-state index in [2.05, 4.69) is 41.2 Å². The molecule has 0 unspecified atom stereocenters. The van der Waals surface area contributed by atoms with E-state index in [0.29, 0.717) is 69.1 Å². The summed E-state index contributed by atoms with van der Waals surface area (Å²) in [6.45, 7) is 14.8. The number of anilines is 4. The van der Waals surface area contributed by atoms with Crippen molar-refractivity contribution in [2.75, 3.05) is 16.0 Å². The smallest absolute Gasteiger partial charge is 0.270 e. The first-order valence-electron chi connectivity index (χ1n) is 24.9. The van der Waals surface area contributed by atoms with Gasteiger partial charge in [-0.15, -0.1) is 0 Å².